The number of hydrogen-bond acceptors (Lipinski definition) is 3. The summed E-state index contributed by atoms with van der Waals surface area (Å²) in [5.41, 5.74) is 0. The zero-order valence-corrected chi connectivity index (χ0v) is 11.0. The standard InChI is InChI=1S/C11H23O3P/c1-4-9-7-5-6-8-10-11(9)14-15(3,12-2)13-10/h9-11,15H,4-8H2,1-3H3. The molecule has 3 unspecified atom stereocenters. The predicted octanol–water partition coefficient (Wildman–Crippen LogP) is 3.14. The number of hydrogen-bond donors (Lipinski definition) is 0. The van der Waals surface area contributed by atoms with Crippen LogP contribution in [0.2, 0.25) is 0 Å². The maximum atomic E-state index is 6.08. The van der Waals surface area contributed by atoms with E-state index < -0.39 is 7.94 Å². The van der Waals surface area contributed by atoms with Crippen molar-refractivity contribution in [3.05, 3.63) is 0 Å². The fourth-order valence-electron chi connectivity index (χ4n) is 2.76. The SMILES string of the molecule is CCC1CCCCC2O[PH](C)(OC)OC12. The van der Waals surface area contributed by atoms with Gasteiger partial charge in [-0.15, -0.1) is 0 Å². The monoisotopic (exact) mass is 234 g/mol. The van der Waals surface area contributed by atoms with Crippen molar-refractivity contribution in [1.82, 2.24) is 0 Å². The average Bonchev–Trinajstić information content (AvgIpc) is 2.47. The molecule has 0 bridgehead atoms. The van der Waals surface area contributed by atoms with Gasteiger partial charge in [0, 0.05) is 0 Å². The molecule has 0 radical (unpaired) electrons. The molecule has 1 saturated carbocycles. The van der Waals surface area contributed by atoms with Crippen LogP contribution in [-0.4, -0.2) is 26.0 Å². The molecule has 0 N–H and O–H groups in total. The summed E-state index contributed by atoms with van der Waals surface area (Å²) in [6.07, 6.45) is 6.82. The molecule has 2 aliphatic rings. The van der Waals surface area contributed by atoms with Gasteiger partial charge in [0.15, 0.2) is 0 Å². The summed E-state index contributed by atoms with van der Waals surface area (Å²) in [6, 6.07) is 0. The van der Waals surface area contributed by atoms with Gasteiger partial charge in [-0.1, -0.05) is 0 Å². The van der Waals surface area contributed by atoms with E-state index >= 15 is 0 Å². The van der Waals surface area contributed by atoms with Crippen LogP contribution in [0, 0.1) is 5.92 Å². The van der Waals surface area contributed by atoms with Crippen LogP contribution in [0.25, 0.3) is 0 Å². The zero-order valence-electron chi connectivity index (χ0n) is 9.99. The maximum absolute atomic E-state index is 6.08. The third-order valence-corrected chi connectivity index (χ3v) is 5.93. The molecule has 1 aliphatic carbocycles. The summed E-state index contributed by atoms with van der Waals surface area (Å²) in [6.45, 7) is 4.26. The molecule has 0 spiro atoms. The van der Waals surface area contributed by atoms with Crippen LogP contribution in [0.5, 0.6) is 0 Å². The molecular weight excluding hydrogens is 211 g/mol. The average molecular weight is 234 g/mol. The van der Waals surface area contributed by atoms with Crippen LogP contribution in [0.4, 0.5) is 0 Å². The molecule has 3 atom stereocenters. The van der Waals surface area contributed by atoms with Crippen LogP contribution < -0.4 is 0 Å². The third-order valence-electron chi connectivity index (χ3n) is 3.76. The molecule has 0 aromatic heterocycles. The van der Waals surface area contributed by atoms with Gasteiger partial charge in [-0.05, 0) is 0 Å². The molecule has 1 heterocycles. The molecule has 1 aliphatic heterocycles. The van der Waals surface area contributed by atoms with Gasteiger partial charge < -0.3 is 0 Å². The van der Waals surface area contributed by atoms with Crippen LogP contribution in [0.1, 0.15) is 39.0 Å². The van der Waals surface area contributed by atoms with Crippen LogP contribution >= 0.6 is 7.94 Å². The first-order valence-electron chi connectivity index (χ1n) is 6.09. The van der Waals surface area contributed by atoms with Gasteiger partial charge >= 0.3 is 92.4 Å². The van der Waals surface area contributed by atoms with E-state index in [-0.39, 0.29) is 0 Å². The first-order valence-corrected chi connectivity index (χ1v) is 8.32. The van der Waals surface area contributed by atoms with Gasteiger partial charge in [-0.2, -0.15) is 0 Å². The van der Waals surface area contributed by atoms with Crippen molar-refractivity contribution >= 4 is 7.94 Å². The summed E-state index contributed by atoms with van der Waals surface area (Å²) in [5.74, 6) is 0.668. The second-order valence-corrected chi connectivity index (χ2v) is 7.36. The predicted molar refractivity (Wildman–Crippen MR) is 63.2 cm³/mol. The van der Waals surface area contributed by atoms with E-state index in [9.17, 15) is 0 Å². The molecule has 2 rings (SSSR count). The van der Waals surface area contributed by atoms with Crippen molar-refractivity contribution in [3.8, 4) is 0 Å². The molecule has 1 saturated heterocycles. The molecule has 4 heteroatoms. The van der Waals surface area contributed by atoms with E-state index in [4.69, 9.17) is 13.6 Å². The normalized spacial score (nSPS) is 41.9. The van der Waals surface area contributed by atoms with Gasteiger partial charge in [0.1, 0.15) is 0 Å². The molecule has 90 valence electrons. The summed E-state index contributed by atoms with van der Waals surface area (Å²) in [7, 11) is -0.562. The van der Waals surface area contributed by atoms with Gasteiger partial charge in [0.05, 0.1) is 0 Å². The van der Waals surface area contributed by atoms with E-state index in [0.29, 0.717) is 18.1 Å². The molecule has 2 fully saturated rings. The fraction of sp³-hybridized carbons (Fsp3) is 1.00. The van der Waals surface area contributed by atoms with Gasteiger partial charge in [0.2, 0.25) is 0 Å². The second-order valence-electron chi connectivity index (χ2n) is 4.76. The van der Waals surface area contributed by atoms with E-state index in [2.05, 4.69) is 6.92 Å². The molecule has 0 aromatic rings. The first-order chi connectivity index (χ1) is 7.18. The minimum absolute atomic E-state index is 0.300. The van der Waals surface area contributed by atoms with Crippen molar-refractivity contribution in [2.24, 2.45) is 5.92 Å². The molecular formula is C11H23O3P. The minimum atomic E-state index is -2.27. The summed E-state index contributed by atoms with van der Waals surface area (Å²) >= 11 is 0. The van der Waals surface area contributed by atoms with Crippen LogP contribution in [0.15, 0.2) is 0 Å². The second kappa shape index (κ2) is 4.67. The zero-order chi connectivity index (χ0) is 10.9. The van der Waals surface area contributed by atoms with Crippen molar-refractivity contribution in [3.63, 3.8) is 0 Å². The Labute approximate surface area is 93.1 Å². The quantitative estimate of drug-likeness (QED) is 0.687. The van der Waals surface area contributed by atoms with E-state index in [1.54, 1.807) is 7.11 Å². The third kappa shape index (κ3) is 2.36. The van der Waals surface area contributed by atoms with E-state index in [1.165, 1.54) is 25.7 Å². The van der Waals surface area contributed by atoms with Crippen molar-refractivity contribution in [2.75, 3.05) is 13.8 Å². The topological polar surface area (TPSA) is 27.7 Å². The Hall–Kier alpha value is 0.310. The Morgan fingerprint density at radius 3 is 2.67 bits per heavy atom. The number of fused-ring (bicyclic) bond motifs is 1. The Morgan fingerprint density at radius 2 is 2.00 bits per heavy atom. The fourth-order valence-corrected chi connectivity index (χ4v) is 4.65. The molecule has 3 nitrogen and oxygen atoms in total. The van der Waals surface area contributed by atoms with Gasteiger partial charge in [0.25, 0.3) is 0 Å². The van der Waals surface area contributed by atoms with Crippen molar-refractivity contribution in [2.45, 2.75) is 51.2 Å². The van der Waals surface area contributed by atoms with E-state index in [1.807, 2.05) is 6.66 Å². The van der Waals surface area contributed by atoms with Crippen LogP contribution in [-0.2, 0) is 13.6 Å². The summed E-state index contributed by atoms with van der Waals surface area (Å²) in [4.78, 5) is 0. The Morgan fingerprint density at radius 1 is 1.27 bits per heavy atom. The van der Waals surface area contributed by atoms with Gasteiger partial charge in [-0.25, -0.2) is 0 Å². The molecule has 0 amide bonds. The summed E-state index contributed by atoms with van der Waals surface area (Å²) in [5, 5.41) is 0. The Bertz CT molecular complexity index is 224. The van der Waals surface area contributed by atoms with Crippen molar-refractivity contribution in [1.29, 1.82) is 0 Å². The summed E-state index contributed by atoms with van der Waals surface area (Å²) < 4.78 is 17.5. The first kappa shape index (κ1) is 11.8. The number of rotatable bonds is 2. The Balaban J connectivity index is 2.09. The van der Waals surface area contributed by atoms with E-state index in [0.717, 1.165) is 6.42 Å². The van der Waals surface area contributed by atoms with Gasteiger partial charge in [-0.3, -0.25) is 0 Å². The molecule has 0 aromatic carbocycles. The van der Waals surface area contributed by atoms with Crippen LogP contribution in [0.3, 0.4) is 0 Å². The Kier molecular flexibility index (Phi) is 3.67. The van der Waals surface area contributed by atoms with Crippen molar-refractivity contribution < 1.29 is 13.6 Å². The molecule has 15 heavy (non-hydrogen) atoms.